The normalized spacial score (nSPS) is 11.9. The van der Waals surface area contributed by atoms with E-state index < -0.39 is 0 Å². The van der Waals surface area contributed by atoms with Gasteiger partial charge in [-0.1, -0.05) is 12.1 Å². The van der Waals surface area contributed by atoms with E-state index in [-0.39, 0.29) is 11.9 Å². The summed E-state index contributed by atoms with van der Waals surface area (Å²) < 4.78 is 1.75. The smallest absolute Gasteiger partial charge is 0.221 e. The summed E-state index contributed by atoms with van der Waals surface area (Å²) in [6.07, 6.45) is 1.89. The van der Waals surface area contributed by atoms with Gasteiger partial charge in [-0.15, -0.1) is 0 Å². The van der Waals surface area contributed by atoms with E-state index in [1.807, 2.05) is 43.6 Å². The summed E-state index contributed by atoms with van der Waals surface area (Å²) in [5.41, 5.74) is 1.90. The molecule has 5 heteroatoms. The molecule has 2 aromatic rings. The molecule has 0 aliphatic heterocycles. The number of carbonyl (C=O) groups is 1. The van der Waals surface area contributed by atoms with Gasteiger partial charge in [-0.3, -0.25) is 9.48 Å². The third-order valence-corrected chi connectivity index (χ3v) is 2.78. The maximum Gasteiger partial charge on any atom is 0.221 e. The Balaban J connectivity index is 2.10. The minimum atomic E-state index is -0.0671. The number of aryl methyl sites for hydroxylation is 1. The fourth-order valence-corrected chi connectivity index (χ4v) is 1.89. The van der Waals surface area contributed by atoms with Crippen LogP contribution in [0, 0.1) is 0 Å². The predicted molar refractivity (Wildman–Crippen MR) is 76.0 cm³/mol. The molecular formula is C14H18N4O. The second-order valence-corrected chi connectivity index (χ2v) is 4.55. The number of hydrogen-bond donors (Lipinski definition) is 2. The molecular weight excluding hydrogens is 240 g/mol. The van der Waals surface area contributed by atoms with Crippen LogP contribution in [0.3, 0.4) is 0 Å². The lowest BCUT2D eigenvalue weighted by Crippen LogP contribution is -2.09. The molecule has 100 valence electrons. The molecule has 0 aliphatic carbocycles. The highest BCUT2D eigenvalue weighted by Gasteiger charge is 2.07. The molecule has 1 heterocycles. The van der Waals surface area contributed by atoms with Crippen molar-refractivity contribution in [3.05, 3.63) is 42.1 Å². The Labute approximate surface area is 112 Å². The highest BCUT2D eigenvalue weighted by Crippen LogP contribution is 2.20. The zero-order chi connectivity index (χ0) is 13.8. The van der Waals surface area contributed by atoms with Gasteiger partial charge < -0.3 is 10.6 Å². The van der Waals surface area contributed by atoms with Crippen molar-refractivity contribution >= 4 is 17.4 Å². The predicted octanol–water partition coefficient (Wildman–Crippen LogP) is 2.55. The monoisotopic (exact) mass is 258 g/mol. The van der Waals surface area contributed by atoms with Crippen LogP contribution in [0.15, 0.2) is 36.5 Å². The van der Waals surface area contributed by atoms with E-state index in [9.17, 15) is 4.79 Å². The second-order valence-electron chi connectivity index (χ2n) is 4.55. The first-order valence-corrected chi connectivity index (χ1v) is 6.18. The minimum Gasteiger partial charge on any atom is -0.362 e. The van der Waals surface area contributed by atoms with Crippen LogP contribution >= 0.6 is 0 Å². The Morgan fingerprint density at radius 1 is 1.37 bits per heavy atom. The molecule has 1 unspecified atom stereocenters. The summed E-state index contributed by atoms with van der Waals surface area (Å²) >= 11 is 0. The van der Waals surface area contributed by atoms with Crippen LogP contribution in [0.1, 0.15) is 25.5 Å². The van der Waals surface area contributed by atoms with Crippen LogP contribution in [0.2, 0.25) is 0 Å². The van der Waals surface area contributed by atoms with Crippen molar-refractivity contribution in [2.75, 3.05) is 10.6 Å². The molecule has 2 N–H and O–H groups in total. The number of amides is 1. The molecule has 0 saturated heterocycles. The number of nitrogens with one attached hydrogen (secondary N) is 2. The third-order valence-electron chi connectivity index (χ3n) is 2.78. The van der Waals surface area contributed by atoms with Crippen LogP contribution < -0.4 is 10.6 Å². The van der Waals surface area contributed by atoms with Gasteiger partial charge in [-0.25, -0.2) is 0 Å². The topological polar surface area (TPSA) is 59.0 Å². The van der Waals surface area contributed by atoms with Crippen molar-refractivity contribution in [2.45, 2.75) is 19.9 Å². The molecule has 0 spiro atoms. The van der Waals surface area contributed by atoms with Gasteiger partial charge in [0.1, 0.15) is 5.82 Å². The maximum absolute atomic E-state index is 11.0. The Morgan fingerprint density at radius 3 is 2.79 bits per heavy atom. The molecule has 0 aliphatic rings. The Kier molecular flexibility index (Phi) is 3.85. The van der Waals surface area contributed by atoms with Crippen LogP contribution in [0.4, 0.5) is 11.5 Å². The van der Waals surface area contributed by atoms with E-state index >= 15 is 0 Å². The zero-order valence-electron chi connectivity index (χ0n) is 11.3. The molecule has 0 radical (unpaired) electrons. The average Bonchev–Trinajstić information content (AvgIpc) is 2.74. The number of hydrogen-bond acceptors (Lipinski definition) is 3. The van der Waals surface area contributed by atoms with Gasteiger partial charge in [0.05, 0.1) is 6.04 Å². The molecule has 1 atom stereocenters. The van der Waals surface area contributed by atoms with E-state index in [4.69, 9.17) is 0 Å². The van der Waals surface area contributed by atoms with Crippen molar-refractivity contribution in [1.29, 1.82) is 0 Å². The molecule has 2 rings (SSSR count). The highest BCUT2D eigenvalue weighted by atomic mass is 16.1. The minimum absolute atomic E-state index is 0.0671. The van der Waals surface area contributed by atoms with Gasteiger partial charge >= 0.3 is 0 Å². The summed E-state index contributed by atoms with van der Waals surface area (Å²) in [5.74, 6) is 0.766. The molecule has 1 amide bonds. The van der Waals surface area contributed by atoms with Crippen LogP contribution in [-0.2, 0) is 11.8 Å². The summed E-state index contributed by atoms with van der Waals surface area (Å²) in [4.78, 5) is 11.0. The molecule has 1 aromatic heterocycles. The fraction of sp³-hybridized carbons (Fsp3) is 0.286. The van der Waals surface area contributed by atoms with Crippen molar-refractivity contribution in [2.24, 2.45) is 7.05 Å². The second kappa shape index (κ2) is 5.56. The van der Waals surface area contributed by atoms with Gasteiger partial charge in [0.15, 0.2) is 0 Å². The van der Waals surface area contributed by atoms with E-state index in [0.29, 0.717) is 0 Å². The van der Waals surface area contributed by atoms with Crippen molar-refractivity contribution in [1.82, 2.24) is 9.78 Å². The third kappa shape index (κ3) is 3.58. The van der Waals surface area contributed by atoms with E-state index in [2.05, 4.69) is 22.7 Å². The molecule has 0 bridgehead atoms. The van der Waals surface area contributed by atoms with Gasteiger partial charge in [0.25, 0.3) is 0 Å². The summed E-state index contributed by atoms with van der Waals surface area (Å²) in [6.45, 7) is 3.56. The summed E-state index contributed by atoms with van der Waals surface area (Å²) in [7, 11) is 1.88. The zero-order valence-corrected chi connectivity index (χ0v) is 11.3. The van der Waals surface area contributed by atoms with Gasteiger partial charge in [-0.2, -0.15) is 5.10 Å². The lowest BCUT2D eigenvalue weighted by Gasteiger charge is -2.14. The van der Waals surface area contributed by atoms with Crippen LogP contribution in [0.5, 0.6) is 0 Å². The first-order valence-electron chi connectivity index (χ1n) is 6.18. The number of rotatable bonds is 4. The van der Waals surface area contributed by atoms with Crippen LogP contribution in [0.25, 0.3) is 0 Å². The Bertz CT molecular complexity index is 576. The average molecular weight is 258 g/mol. The van der Waals surface area contributed by atoms with E-state index in [1.54, 1.807) is 4.68 Å². The summed E-state index contributed by atoms with van der Waals surface area (Å²) in [6, 6.07) is 9.82. The molecule has 1 aromatic carbocycles. The van der Waals surface area contributed by atoms with Crippen molar-refractivity contribution in [3.63, 3.8) is 0 Å². The molecule has 19 heavy (non-hydrogen) atoms. The molecule has 0 saturated carbocycles. The van der Waals surface area contributed by atoms with Crippen LogP contribution in [-0.4, -0.2) is 15.7 Å². The van der Waals surface area contributed by atoms with E-state index in [0.717, 1.165) is 17.1 Å². The first kappa shape index (κ1) is 13.1. The number of nitrogens with zero attached hydrogens (tertiary/aromatic N) is 2. The van der Waals surface area contributed by atoms with Gasteiger partial charge in [0.2, 0.25) is 5.91 Å². The van der Waals surface area contributed by atoms with Crippen molar-refractivity contribution in [3.8, 4) is 0 Å². The SMILES string of the molecule is CC(=O)Nc1cccc(C(C)Nc2ccn(C)n2)c1. The standard InChI is InChI=1S/C14H18N4O/c1-10(15-14-7-8-18(3)17-14)12-5-4-6-13(9-12)16-11(2)19/h4-10H,1-3H3,(H,15,17)(H,16,19). The fourth-order valence-electron chi connectivity index (χ4n) is 1.89. The maximum atomic E-state index is 11.0. The van der Waals surface area contributed by atoms with Gasteiger partial charge in [0, 0.05) is 31.9 Å². The van der Waals surface area contributed by atoms with E-state index in [1.165, 1.54) is 6.92 Å². The first-order chi connectivity index (χ1) is 9.04. The molecule has 5 nitrogen and oxygen atoms in total. The Hall–Kier alpha value is -2.30. The molecule has 0 fully saturated rings. The van der Waals surface area contributed by atoms with Crippen molar-refractivity contribution < 1.29 is 4.79 Å². The number of anilines is 2. The largest absolute Gasteiger partial charge is 0.362 e. The van der Waals surface area contributed by atoms with Gasteiger partial charge in [-0.05, 0) is 24.6 Å². The quantitative estimate of drug-likeness (QED) is 0.886. The number of benzene rings is 1. The highest BCUT2D eigenvalue weighted by molar-refractivity contribution is 5.88. The lowest BCUT2D eigenvalue weighted by molar-refractivity contribution is -0.114. The number of carbonyl (C=O) groups excluding carboxylic acids is 1. The lowest BCUT2D eigenvalue weighted by atomic mass is 10.1. The summed E-state index contributed by atoms with van der Waals surface area (Å²) in [5, 5.41) is 10.4. The Morgan fingerprint density at radius 2 is 2.16 bits per heavy atom. The number of aromatic nitrogens is 2.